The van der Waals surface area contributed by atoms with Crippen LogP contribution in [0.3, 0.4) is 0 Å². The summed E-state index contributed by atoms with van der Waals surface area (Å²) < 4.78 is 12.1. The molecule has 18 heavy (non-hydrogen) atoms. The molecular formula is C13H19ClN2OS. The smallest absolute Gasteiger partial charge is 0.0618 e. The van der Waals surface area contributed by atoms with Gasteiger partial charge in [-0.25, -0.2) is 0 Å². The second kappa shape index (κ2) is 6.55. The van der Waals surface area contributed by atoms with Crippen molar-refractivity contribution in [2.75, 3.05) is 31.1 Å². The molecule has 0 spiro atoms. The highest BCUT2D eigenvalue weighted by Gasteiger charge is 2.12. The van der Waals surface area contributed by atoms with E-state index in [0.29, 0.717) is 21.4 Å². The molecule has 0 amide bonds. The van der Waals surface area contributed by atoms with Crippen molar-refractivity contribution in [3.63, 3.8) is 0 Å². The molecule has 1 unspecified atom stereocenters. The Hall–Kier alpha value is -0.580. The van der Waals surface area contributed by atoms with Gasteiger partial charge in [0, 0.05) is 16.5 Å². The molecule has 0 radical (unpaired) electrons. The van der Waals surface area contributed by atoms with Gasteiger partial charge in [-0.3, -0.25) is 4.21 Å². The van der Waals surface area contributed by atoms with E-state index in [0.717, 1.165) is 13.0 Å². The Balaban J connectivity index is 1.83. The number of nitrogens with zero attached hydrogens (tertiary/aromatic N) is 1. The third-order valence-electron chi connectivity index (χ3n) is 3.22. The Morgan fingerprint density at radius 2 is 2.06 bits per heavy atom. The molecule has 1 aliphatic rings. The van der Waals surface area contributed by atoms with Gasteiger partial charge in [-0.2, -0.15) is 0 Å². The number of benzene rings is 1. The molecule has 2 N–H and O–H groups in total. The second-order valence-corrected chi connectivity index (χ2v) is 6.61. The van der Waals surface area contributed by atoms with Gasteiger partial charge >= 0.3 is 0 Å². The van der Waals surface area contributed by atoms with E-state index in [1.165, 1.54) is 25.9 Å². The van der Waals surface area contributed by atoms with E-state index in [1.807, 2.05) is 0 Å². The van der Waals surface area contributed by atoms with E-state index in [-0.39, 0.29) is 0 Å². The van der Waals surface area contributed by atoms with E-state index in [2.05, 4.69) is 4.90 Å². The predicted octanol–water partition coefficient (Wildman–Crippen LogP) is 2.52. The fraction of sp³-hybridized carbons (Fsp3) is 0.538. The zero-order chi connectivity index (χ0) is 13.0. The topological polar surface area (TPSA) is 46.3 Å². The number of anilines is 1. The lowest BCUT2D eigenvalue weighted by Crippen LogP contribution is -2.21. The highest BCUT2D eigenvalue weighted by atomic mass is 35.5. The zero-order valence-electron chi connectivity index (χ0n) is 10.4. The first-order valence-electron chi connectivity index (χ1n) is 6.32. The largest absolute Gasteiger partial charge is 0.398 e. The van der Waals surface area contributed by atoms with Crippen LogP contribution in [0.4, 0.5) is 5.69 Å². The minimum Gasteiger partial charge on any atom is -0.398 e. The summed E-state index contributed by atoms with van der Waals surface area (Å²) in [4.78, 5) is 3.14. The van der Waals surface area contributed by atoms with Crippen LogP contribution in [0.1, 0.15) is 19.3 Å². The lowest BCUT2D eigenvalue weighted by atomic mass is 10.3. The third kappa shape index (κ3) is 3.70. The standard InChI is InChI=1S/C13H19ClN2OS/c14-11-4-5-13(12(15)10-11)18(17)9-3-8-16-6-1-2-7-16/h4-5,10H,1-3,6-9,15H2. The van der Waals surface area contributed by atoms with Gasteiger partial charge in [-0.15, -0.1) is 0 Å². The second-order valence-electron chi connectivity index (χ2n) is 4.63. The molecule has 1 saturated heterocycles. The average molecular weight is 287 g/mol. The molecule has 0 aliphatic carbocycles. The van der Waals surface area contributed by atoms with Crippen LogP contribution >= 0.6 is 11.6 Å². The van der Waals surface area contributed by atoms with Gasteiger partial charge in [0.2, 0.25) is 0 Å². The first-order valence-corrected chi connectivity index (χ1v) is 8.02. The van der Waals surface area contributed by atoms with E-state index in [1.54, 1.807) is 18.2 Å². The Morgan fingerprint density at radius 3 is 2.72 bits per heavy atom. The molecule has 0 saturated carbocycles. The van der Waals surface area contributed by atoms with Crippen molar-refractivity contribution in [3.05, 3.63) is 23.2 Å². The SMILES string of the molecule is Nc1cc(Cl)ccc1S(=O)CCCN1CCCC1. The van der Waals surface area contributed by atoms with Crippen molar-refractivity contribution >= 4 is 28.1 Å². The van der Waals surface area contributed by atoms with Gasteiger partial charge in [0.25, 0.3) is 0 Å². The molecule has 1 aromatic rings. The number of nitrogens with two attached hydrogens (primary N) is 1. The summed E-state index contributed by atoms with van der Waals surface area (Å²) in [5.41, 5.74) is 6.36. The number of likely N-dealkylation sites (tertiary alicyclic amines) is 1. The molecule has 2 rings (SSSR count). The fourth-order valence-corrected chi connectivity index (χ4v) is 3.60. The zero-order valence-corrected chi connectivity index (χ0v) is 12.0. The number of rotatable bonds is 5. The fourth-order valence-electron chi connectivity index (χ4n) is 2.26. The maximum atomic E-state index is 12.1. The number of nitrogen functional groups attached to an aromatic ring is 1. The van der Waals surface area contributed by atoms with Crippen LogP contribution in [0.25, 0.3) is 0 Å². The summed E-state index contributed by atoms with van der Waals surface area (Å²) in [7, 11) is -1.01. The molecule has 0 bridgehead atoms. The van der Waals surface area contributed by atoms with Crippen molar-refractivity contribution in [3.8, 4) is 0 Å². The van der Waals surface area contributed by atoms with E-state index < -0.39 is 10.8 Å². The van der Waals surface area contributed by atoms with E-state index >= 15 is 0 Å². The number of halogens is 1. The lowest BCUT2D eigenvalue weighted by Gasteiger charge is -2.14. The van der Waals surface area contributed by atoms with Crippen LogP contribution in [0.15, 0.2) is 23.1 Å². The van der Waals surface area contributed by atoms with Gasteiger partial charge in [-0.05, 0) is 57.1 Å². The van der Waals surface area contributed by atoms with Crippen molar-refractivity contribution < 1.29 is 4.21 Å². The molecule has 100 valence electrons. The quantitative estimate of drug-likeness (QED) is 0.846. The minimum atomic E-state index is -1.01. The van der Waals surface area contributed by atoms with E-state index in [9.17, 15) is 4.21 Å². The third-order valence-corrected chi connectivity index (χ3v) is 4.98. The summed E-state index contributed by atoms with van der Waals surface area (Å²) in [6, 6.07) is 5.17. The molecular weight excluding hydrogens is 268 g/mol. The number of hydrogen-bond donors (Lipinski definition) is 1. The maximum Gasteiger partial charge on any atom is 0.0618 e. The Labute approximate surface area is 116 Å². The van der Waals surface area contributed by atoms with Crippen LogP contribution in [-0.4, -0.2) is 34.5 Å². The Morgan fingerprint density at radius 1 is 1.33 bits per heavy atom. The molecule has 1 atom stereocenters. The summed E-state index contributed by atoms with van der Waals surface area (Å²) in [6.45, 7) is 3.42. The first kappa shape index (κ1) is 13.8. The van der Waals surface area contributed by atoms with Gasteiger partial charge in [-0.1, -0.05) is 11.6 Å². The summed E-state index contributed by atoms with van der Waals surface area (Å²) >= 11 is 5.83. The maximum absolute atomic E-state index is 12.1. The molecule has 5 heteroatoms. The Kier molecular flexibility index (Phi) is 5.03. The van der Waals surface area contributed by atoms with Gasteiger partial charge in [0.1, 0.15) is 0 Å². The van der Waals surface area contributed by atoms with Gasteiger partial charge in [0.05, 0.1) is 15.7 Å². The first-order chi connectivity index (χ1) is 8.66. The summed E-state index contributed by atoms with van der Waals surface area (Å²) in [6.07, 6.45) is 3.55. The monoisotopic (exact) mass is 286 g/mol. The van der Waals surface area contributed by atoms with Crippen molar-refractivity contribution in [2.24, 2.45) is 0 Å². The van der Waals surface area contributed by atoms with Crippen LogP contribution in [0.2, 0.25) is 5.02 Å². The summed E-state index contributed by atoms with van der Waals surface area (Å²) in [5, 5.41) is 0.588. The predicted molar refractivity (Wildman–Crippen MR) is 77.4 cm³/mol. The van der Waals surface area contributed by atoms with Crippen LogP contribution in [0.5, 0.6) is 0 Å². The molecule has 1 heterocycles. The minimum absolute atomic E-state index is 0.530. The highest BCUT2D eigenvalue weighted by molar-refractivity contribution is 7.85. The average Bonchev–Trinajstić information content (AvgIpc) is 2.81. The summed E-state index contributed by atoms with van der Waals surface area (Å²) in [5.74, 6) is 0.669. The molecule has 1 fully saturated rings. The van der Waals surface area contributed by atoms with Crippen LogP contribution in [0, 0.1) is 0 Å². The molecule has 1 aliphatic heterocycles. The van der Waals surface area contributed by atoms with E-state index in [4.69, 9.17) is 17.3 Å². The van der Waals surface area contributed by atoms with Gasteiger partial charge < -0.3 is 10.6 Å². The number of hydrogen-bond acceptors (Lipinski definition) is 3. The van der Waals surface area contributed by atoms with Gasteiger partial charge in [0.15, 0.2) is 0 Å². The normalized spacial score (nSPS) is 18.1. The highest BCUT2D eigenvalue weighted by Crippen LogP contribution is 2.21. The molecule has 0 aromatic heterocycles. The van der Waals surface area contributed by atoms with Crippen LogP contribution in [-0.2, 0) is 10.8 Å². The lowest BCUT2D eigenvalue weighted by molar-refractivity contribution is 0.340. The van der Waals surface area contributed by atoms with Crippen LogP contribution < -0.4 is 5.73 Å². The van der Waals surface area contributed by atoms with Crippen molar-refractivity contribution in [2.45, 2.75) is 24.2 Å². The molecule has 1 aromatic carbocycles. The molecule has 3 nitrogen and oxygen atoms in total. The Bertz CT molecular complexity index is 433. The van der Waals surface area contributed by atoms with Crippen molar-refractivity contribution in [1.82, 2.24) is 4.90 Å². The van der Waals surface area contributed by atoms with Crippen molar-refractivity contribution in [1.29, 1.82) is 0 Å².